The molecule has 3 aromatic rings. The fourth-order valence-corrected chi connectivity index (χ4v) is 2.55. The van der Waals surface area contributed by atoms with Crippen LogP contribution in [0.3, 0.4) is 0 Å². The fourth-order valence-electron chi connectivity index (χ4n) is 2.55. The number of nitro groups is 1. The molecule has 6 heteroatoms. The van der Waals surface area contributed by atoms with Crippen molar-refractivity contribution in [1.29, 1.82) is 0 Å². The third-order valence-corrected chi connectivity index (χ3v) is 3.94. The van der Waals surface area contributed by atoms with Crippen LogP contribution in [0.25, 0.3) is 11.0 Å². The van der Waals surface area contributed by atoms with Gasteiger partial charge in [-0.25, -0.2) is 4.79 Å². The van der Waals surface area contributed by atoms with Crippen LogP contribution in [0.5, 0.6) is 5.75 Å². The third-order valence-electron chi connectivity index (χ3n) is 3.94. The van der Waals surface area contributed by atoms with Crippen molar-refractivity contribution in [1.82, 2.24) is 0 Å². The first-order valence-corrected chi connectivity index (χ1v) is 8.05. The van der Waals surface area contributed by atoms with Crippen LogP contribution in [-0.4, -0.2) is 10.9 Å². The van der Waals surface area contributed by atoms with Gasteiger partial charge < -0.3 is 9.15 Å². The number of furan rings is 1. The van der Waals surface area contributed by atoms with Crippen LogP contribution in [0.4, 0.5) is 5.69 Å². The van der Waals surface area contributed by atoms with Crippen LogP contribution in [0, 0.1) is 10.1 Å². The van der Waals surface area contributed by atoms with Crippen LogP contribution in [0.1, 0.15) is 35.7 Å². The van der Waals surface area contributed by atoms with E-state index >= 15 is 0 Å². The molecule has 0 unspecified atom stereocenters. The molecule has 0 aliphatic heterocycles. The zero-order valence-electron chi connectivity index (χ0n) is 13.7. The summed E-state index contributed by atoms with van der Waals surface area (Å²) in [7, 11) is 0. The molecule has 2 aromatic carbocycles. The van der Waals surface area contributed by atoms with Crippen LogP contribution >= 0.6 is 0 Å². The van der Waals surface area contributed by atoms with Gasteiger partial charge in [-0.2, -0.15) is 0 Å². The number of esters is 1. The van der Waals surface area contributed by atoms with Crippen molar-refractivity contribution in [2.45, 2.75) is 26.2 Å². The molecule has 0 fully saturated rings. The molecule has 1 heterocycles. The number of hydrogen-bond acceptors (Lipinski definition) is 5. The summed E-state index contributed by atoms with van der Waals surface area (Å²) in [6, 6.07) is 11.8. The normalized spacial score (nSPS) is 10.8. The fraction of sp³-hybridized carbons (Fsp3) is 0.211. The molecule has 25 heavy (non-hydrogen) atoms. The number of fused-ring (bicyclic) bond motifs is 1. The Morgan fingerprint density at radius 3 is 2.64 bits per heavy atom. The molecular weight excluding hydrogens is 322 g/mol. The van der Waals surface area contributed by atoms with Crippen LogP contribution in [0.15, 0.2) is 53.1 Å². The van der Waals surface area contributed by atoms with Gasteiger partial charge in [0.1, 0.15) is 16.7 Å². The summed E-state index contributed by atoms with van der Waals surface area (Å²) >= 11 is 0. The van der Waals surface area contributed by atoms with E-state index in [2.05, 4.69) is 6.92 Å². The molecule has 3 rings (SSSR count). The van der Waals surface area contributed by atoms with Crippen molar-refractivity contribution < 1.29 is 18.9 Å². The van der Waals surface area contributed by atoms with Crippen molar-refractivity contribution >= 4 is 22.6 Å². The first-order chi connectivity index (χ1) is 12.1. The van der Waals surface area contributed by atoms with Gasteiger partial charge in [0.15, 0.2) is 6.26 Å². The molecule has 0 amide bonds. The summed E-state index contributed by atoms with van der Waals surface area (Å²) in [6.45, 7) is 2.13. The van der Waals surface area contributed by atoms with Crippen molar-refractivity contribution in [3.63, 3.8) is 0 Å². The number of carbonyl (C=O) groups is 1. The molecule has 0 radical (unpaired) electrons. The Kier molecular flexibility index (Phi) is 4.79. The minimum atomic E-state index is -0.535. The quantitative estimate of drug-likeness (QED) is 0.276. The molecule has 0 N–H and O–H groups in total. The predicted molar refractivity (Wildman–Crippen MR) is 92.9 cm³/mol. The minimum Gasteiger partial charge on any atom is -0.457 e. The molecule has 0 saturated carbocycles. The van der Waals surface area contributed by atoms with E-state index in [1.54, 1.807) is 24.3 Å². The van der Waals surface area contributed by atoms with E-state index < -0.39 is 10.9 Å². The topological polar surface area (TPSA) is 82.6 Å². The highest BCUT2D eigenvalue weighted by atomic mass is 16.6. The summed E-state index contributed by atoms with van der Waals surface area (Å²) in [5.74, 6) is -0.274. The number of ether oxygens (including phenoxy) is 1. The van der Waals surface area contributed by atoms with Gasteiger partial charge in [0.05, 0.1) is 10.5 Å². The largest absolute Gasteiger partial charge is 0.457 e. The maximum Gasteiger partial charge on any atom is 0.343 e. The van der Waals surface area contributed by atoms with Crippen molar-refractivity contribution in [2.24, 2.45) is 0 Å². The Morgan fingerprint density at radius 2 is 1.96 bits per heavy atom. The van der Waals surface area contributed by atoms with E-state index in [1.165, 1.54) is 11.6 Å². The maximum atomic E-state index is 12.3. The first-order valence-electron chi connectivity index (χ1n) is 8.05. The average molecular weight is 339 g/mol. The standard InChI is InChI=1S/C19H17NO5/c1-2-3-4-13-5-7-14(8-6-13)19(21)25-15-9-10-18-16(11-15)17(12-24-18)20(22)23/h5-12H,2-4H2,1H3. The molecule has 0 spiro atoms. The summed E-state index contributed by atoms with van der Waals surface area (Å²) < 4.78 is 10.4. The average Bonchev–Trinajstić information content (AvgIpc) is 3.04. The van der Waals surface area contributed by atoms with E-state index in [-0.39, 0.29) is 11.4 Å². The zero-order valence-corrected chi connectivity index (χ0v) is 13.7. The molecule has 6 nitrogen and oxygen atoms in total. The molecule has 0 aliphatic carbocycles. The lowest BCUT2D eigenvalue weighted by Crippen LogP contribution is -2.08. The minimum absolute atomic E-state index is 0.159. The maximum absolute atomic E-state index is 12.3. The SMILES string of the molecule is CCCCc1ccc(C(=O)Oc2ccc3occ([N+](=O)[O-])c3c2)cc1. The number of hydrogen-bond donors (Lipinski definition) is 0. The number of rotatable bonds is 6. The lowest BCUT2D eigenvalue weighted by atomic mass is 10.1. The van der Waals surface area contributed by atoms with E-state index in [0.29, 0.717) is 16.5 Å². The van der Waals surface area contributed by atoms with Gasteiger partial charge >= 0.3 is 11.7 Å². The van der Waals surface area contributed by atoms with E-state index in [9.17, 15) is 14.9 Å². The van der Waals surface area contributed by atoms with E-state index in [1.807, 2.05) is 12.1 Å². The van der Waals surface area contributed by atoms with E-state index in [0.717, 1.165) is 25.5 Å². The number of unbranched alkanes of at least 4 members (excludes halogenated alkanes) is 1. The summed E-state index contributed by atoms with van der Waals surface area (Å²) in [5.41, 5.74) is 1.82. The van der Waals surface area contributed by atoms with Crippen LogP contribution in [-0.2, 0) is 6.42 Å². The van der Waals surface area contributed by atoms with Gasteiger partial charge in [0, 0.05) is 0 Å². The monoisotopic (exact) mass is 339 g/mol. The predicted octanol–water partition coefficient (Wildman–Crippen LogP) is 4.90. The summed E-state index contributed by atoms with van der Waals surface area (Å²) in [4.78, 5) is 22.7. The van der Waals surface area contributed by atoms with E-state index in [4.69, 9.17) is 9.15 Å². The zero-order chi connectivity index (χ0) is 17.8. The van der Waals surface area contributed by atoms with Gasteiger partial charge in [-0.05, 0) is 48.7 Å². The third kappa shape index (κ3) is 3.68. The molecular formula is C19H17NO5. The van der Waals surface area contributed by atoms with Gasteiger partial charge in [0.25, 0.3) is 0 Å². The van der Waals surface area contributed by atoms with Crippen molar-refractivity contribution in [3.8, 4) is 5.75 Å². The Morgan fingerprint density at radius 1 is 1.20 bits per heavy atom. The Hall–Kier alpha value is -3.15. The van der Waals surface area contributed by atoms with Crippen LogP contribution < -0.4 is 4.74 Å². The number of nitrogens with zero attached hydrogens (tertiary/aromatic N) is 1. The van der Waals surface area contributed by atoms with Gasteiger partial charge in [-0.1, -0.05) is 25.5 Å². The number of carbonyl (C=O) groups excluding carboxylic acids is 1. The van der Waals surface area contributed by atoms with Crippen molar-refractivity contribution in [3.05, 3.63) is 70.0 Å². The van der Waals surface area contributed by atoms with Gasteiger partial charge in [-0.3, -0.25) is 10.1 Å². The smallest absolute Gasteiger partial charge is 0.343 e. The lowest BCUT2D eigenvalue weighted by Gasteiger charge is -2.05. The van der Waals surface area contributed by atoms with Crippen LogP contribution in [0.2, 0.25) is 0 Å². The number of aryl methyl sites for hydroxylation is 1. The summed E-state index contributed by atoms with van der Waals surface area (Å²) in [5, 5.41) is 11.3. The first kappa shape index (κ1) is 16.7. The Bertz CT molecular complexity index is 911. The summed E-state index contributed by atoms with van der Waals surface area (Å²) in [6.07, 6.45) is 4.28. The molecule has 0 aliphatic rings. The second-order valence-electron chi connectivity index (χ2n) is 5.73. The van der Waals surface area contributed by atoms with Crippen molar-refractivity contribution in [2.75, 3.05) is 0 Å². The van der Waals surface area contributed by atoms with Gasteiger partial charge in [-0.15, -0.1) is 0 Å². The second kappa shape index (κ2) is 7.17. The Balaban J connectivity index is 1.77. The number of benzene rings is 2. The Labute approximate surface area is 144 Å². The molecule has 0 atom stereocenters. The molecule has 128 valence electrons. The highest BCUT2D eigenvalue weighted by Gasteiger charge is 2.17. The highest BCUT2D eigenvalue weighted by molar-refractivity contribution is 5.93. The van der Waals surface area contributed by atoms with Gasteiger partial charge in [0.2, 0.25) is 0 Å². The molecule has 1 aromatic heterocycles. The second-order valence-corrected chi connectivity index (χ2v) is 5.73. The molecule has 0 bridgehead atoms. The molecule has 0 saturated heterocycles. The lowest BCUT2D eigenvalue weighted by molar-refractivity contribution is -0.383. The highest BCUT2D eigenvalue weighted by Crippen LogP contribution is 2.31.